The first kappa shape index (κ1) is 14.1. The third-order valence-electron chi connectivity index (χ3n) is 3.17. The zero-order valence-corrected chi connectivity index (χ0v) is 13.1. The van der Waals surface area contributed by atoms with Crippen LogP contribution < -0.4 is 5.32 Å². The molecule has 0 atom stereocenters. The summed E-state index contributed by atoms with van der Waals surface area (Å²) in [5.41, 5.74) is 1.29. The summed E-state index contributed by atoms with van der Waals surface area (Å²) in [6.45, 7) is 3.87. The summed E-state index contributed by atoms with van der Waals surface area (Å²) < 4.78 is 1.15. The molecule has 2 aromatic carbocycles. The van der Waals surface area contributed by atoms with Crippen LogP contribution in [0.4, 0.5) is 5.69 Å². The Morgan fingerprint density at radius 2 is 1.58 bits per heavy atom. The fraction of sp³-hybridized carbons (Fsp3) is 0.188. The molecule has 0 saturated heterocycles. The highest BCUT2D eigenvalue weighted by molar-refractivity contribution is 14.1. The van der Waals surface area contributed by atoms with Crippen molar-refractivity contribution in [1.82, 2.24) is 0 Å². The van der Waals surface area contributed by atoms with Gasteiger partial charge in [0, 0.05) is 9.26 Å². The van der Waals surface area contributed by atoms with E-state index < -0.39 is 5.41 Å². The summed E-state index contributed by atoms with van der Waals surface area (Å²) in [7, 11) is 0. The first-order valence-corrected chi connectivity index (χ1v) is 7.20. The average Bonchev–Trinajstić information content (AvgIpc) is 2.42. The zero-order valence-electron chi connectivity index (χ0n) is 11.0. The maximum absolute atomic E-state index is 12.4. The Kier molecular flexibility index (Phi) is 4.24. The van der Waals surface area contributed by atoms with E-state index in [1.54, 1.807) is 0 Å². The van der Waals surface area contributed by atoms with Gasteiger partial charge in [0.05, 0.1) is 5.41 Å². The minimum absolute atomic E-state index is 0.0000850. The molecule has 0 spiro atoms. The third kappa shape index (κ3) is 3.35. The van der Waals surface area contributed by atoms with Gasteiger partial charge in [0.15, 0.2) is 0 Å². The van der Waals surface area contributed by atoms with Gasteiger partial charge >= 0.3 is 0 Å². The van der Waals surface area contributed by atoms with Crippen molar-refractivity contribution in [3.05, 3.63) is 63.7 Å². The molecular weight excluding hydrogens is 349 g/mol. The van der Waals surface area contributed by atoms with Gasteiger partial charge < -0.3 is 5.32 Å². The van der Waals surface area contributed by atoms with Crippen LogP contribution in [-0.4, -0.2) is 5.91 Å². The first-order valence-electron chi connectivity index (χ1n) is 6.13. The van der Waals surface area contributed by atoms with E-state index in [0.29, 0.717) is 0 Å². The molecule has 0 aliphatic heterocycles. The summed E-state index contributed by atoms with van der Waals surface area (Å²) in [4.78, 5) is 12.4. The predicted octanol–water partition coefficient (Wildman–Crippen LogP) is 4.21. The second-order valence-corrected chi connectivity index (χ2v) is 6.20. The standard InChI is InChI=1S/C16H16INO/c1-16(2,12-6-4-3-5-7-12)15(19)18-14-10-8-13(17)9-11-14/h3-11H,1-2H3,(H,18,19). The Hall–Kier alpha value is -1.36. The minimum Gasteiger partial charge on any atom is -0.325 e. The van der Waals surface area contributed by atoms with Gasteiger partial charge in [0.25, 0.3) is 0 Å². The molecule has 3 heteroatoms. The van der Waals surface area contributed by atoms with Gasteiger partial charge in [-0.25, -0.2) is 0 Å². The number of anilines is 1. The third-order valence-corrected chi connectivity index (χ3v) is 3.88. The van der Waals surface area contributed by atoms with E-state index >= 15 is 0 Å². The van der Waals surface area contributed by atoms with Gasteiger partial charge in [-0.3, -0.25) is 4.79 Å². The number of hydrogen-bond acceptors (Lipinski definition) is 1. The molecule has 2 aromatic rings. The molecule has 0 aromatic heterocycles. The second-order valence-electron chi connectivity index (χ2n) is 4.95. The SMILES string of the molecule is CC(C)(C(=O)Nc1ccc(I)cc1)c1ccccc1. The smallest absolute Gasteiger partial charge is 0.234 e. The Morgan fingerprint density at radius 1 is 1.00 bits per heavy atom. The number of carbonyl (C=O) groups is 1. The Balaban J connectivity index is 2.17. The first-order chi connectivity index (χ1) is 9.00. The predicted molar refractivity (Wildman–Crippen MR) is 87.3 cm³/mol. The lowest BCUT2D eigenvalue weighted by Crippen LogP contribution is -2.34. The van der Waals surface area contributed by atoms with Crippen molar-refractivity contribution in [2.75, 3.05) is 5.32 Å². The van der Waals surface area contributed by atoms with E-state index in [1.807, 2.05) is 68.4 Å². The topological polar surface area (TPSA) is 29.1 Å². The van der Waals surface area contributed by atoms with Crippen LogP contribution in [-0.2, 0) is 10.2 Å². The number of benzene rings is 2. The summed E-state index contributed by atoms with van der Waals surface area (Å²) in [5.74, 6) is -0.0000850. The number of halogens is 1. The molecule has 0 saturated carbocycles. The number of rotatable bonds is 3. The Labute approximate surface area is 127 Å². The number of hydrogen-bond donors (Lipinski definition) is 1. The van der Waals surface area contributed by atoms with Crippen molar-refractivity contribution >= 4 is 34.2 Å². The lowest BCUT2D eigenvalue weighted by atomic mass is 9.83. The molecular formula is C16H16INO. The molecule has 1 amide bonds. The maximum Gasteiger partial charge on any atom is 0.234 e. The van der Waals surface area contributed by atoms with Crippen molar-refractivity contribution in [3.8, 4) is 0 Å². The Morgan fingerprint density at radius 3 is 2.16 bits per heavy atom. The van der Waals surface area contributed by atoms with Crippen molar-refractivity contribution in [2.24, 2.45) is 0 Å². The molecule has 0 unspecified atom stereocenters. The average molecular weight is 365 g/mol. The molecule has 0 aliphatic rings. The molecule has 19 heavy (non-hydrogen) atoms. The van der Waals surface area contributed by atoms with E-state index in [9.17, 15) is 4.79 Å². The molecule has 2 rings (SSSR count). The lowest BCUT2D eigenvalue weighted by molar-refractivity contribution is -0.120. The quantitative estimate of drug-likeness (QED) is 0.812. The second kappa shape index (κ2) is 5.74. The molecule has 0 aliphatic carbocycles. The number of nitrogens with one attached hydrogen (secondary N) is 1. The fourth-order valence-corrected chi connectivity index (χ4v) is 2.17. The molecule has 0 bridgehead atoms. The van der Waals surface area contributed by atoms with E-state index in [0.717, 1.165) is 14.8 Å². The lowest BCUT2D eigenvalue weighted by Gasteiger charge is -2.24. The van der Waals surface area contributed by atoms with Crippen LogP contribution in [0.2, 0.25) is 0 Å². The van der Waals surface area contributed by atoms with Crippen molar-refractivity contribution in [1.29, 1.82) is 0 Å². The van der Waals surface area contributed by atoms with Crippen LogP contribution in [0.5, 0.6) is 0 Å². The van der Waals surface area contributed by atoms with Gasteiger partial charge in [0.1, 0.15) is 0 Å². The van der Waals surface area contributed by atoms with Gasteiger partial charge in [-0.05, 0) is 66.3 Å². The van der Waals surface area contributed by atoms with Crippen LogP contribution in [0.1, 0.15) is 19.4 Å². The molecule has 1 N–H and O–H groups in total. The van der Waals surface area contributed by atoms with Crippen molar-refractivity contribution in [2.45, 2.75) is 19.3 Å². The Bertz CT molecular complexity index is 561. The molecule has 98 valence electrons. The molecule has 2 nitrogen and oxygen atoms in total. The highest BCUT2D eigenvalue weighted by atomic mass is 127. The van der Waals surface area contributed by atoms with Crippen molar-refractivity contribution in [3.63, 3.8) is 0 Å². The largest absolute Gasteiger partial charge is 0.325 e. The van der Waals surface area contributed by atoms with Gasteiger partial charge in [-0.1, -0.05) is 30.3 Å². The van der Waals surface area contributed by atoms with Gasteiger partial charge in [-0.2, -0.15) is 0 Å². The maximum atomic E-state index is 12.4. The van der Waals surface area contributed by atoms with Crippen LogP contribution in [0.3, 0.4) is 0 Å². The van der Waals surface area contributed by atoms with Crippen LogP contribution in [0.15, 0.2) is 54.6 Å². The number of amides is 1. The summed E-state index contributed by atoms with van der Waals surface area (Å²) in [6.07, 6.45) is 0. The van der Waals surface area contributed by atoms with Crippen molar-refractivity contribution < 1.29 is 4.79 Å². The van der Waals surface area contributed by atoms with E-state index in [-0.39, 0.29) is 5.91 Å². The fourth-order valence-electron chi connectivity index (χ4n) is 1.81. The van der Waals surface area contributed by atoms with Crippen LogP contribution >= 0.6 is 22.6 Å². The van der Waals surface area contributed by atoms with E-state index in [1.165, 1.54) is 0 Å². The van der Waals surface area contributed by atoms with Gasteiger partial charge in [-0.15, -0.1) is 0 Å². The van der Waals surface area contributed by atoms with Crippen LogP contribution in [0.25, 0.3) is 0 Å². The molecule has 0 radical (unpaired) electrons. The summed E-state index contributed by atoms with van der Waals surface area (Å²) >= 11 is 2.24. The number of carbonyl (C=O) groups excluding carboxylic acids is 1. The van der Waals surface area contributed by atoms with E-state index in [4.69, 9.17) is 0 Å². The molecule has 0 fully saturated rings. The minimum atomic E-state index is -0.551. The monoisotopic (exact) mass is 365 g/mol. The van der Waals surface area contributed by atoms with E-state index in [2.05, 4.69) is 27.9 Å². The highest BCUT2D eigenvalue weighted by Gasteiger charge is 2.29. The highest BCUT2D eigenvalue weighted by Crippen LogP contribution is 2.25. The molecule has 0 heterocycles. The summed E-state index contributed by atoms with van der Waals surface area (Å²) in [5, 5.41) is 2.97. The normalized spacial score (nSPS) is 11.1. The van der Waals surface area contributed by atoms with Crippen LogP contribution in [0, 0.1) is 3.57 Å². The van der Waals surface area contributed by atoms with Gasteiger partial charge in [0.2, 0.25) is 5.91 Å². The summed E-state index contributed by atoms with van der Waals surface area (Å²) in [6, 6.07) is 17.6. The zero-order chi connectivity index (χ0) is 13.9.